The van der Waals surface area contributed by atoms with Crippen LogP contribution < -0.4 is 10.6 Å². The van der Waals surface area contributed by atoms with E-state index in [1.807, 2.05) is 13.8 Å². The molecule has 0 aliphatic heterocycles. The largest absolute Gasteiger partial charge is 0.349 e. The Labute approximate surface area is 124 Å². The van der Waals surface area contributed by atoms with Crippen LogP contribution in [0.3, 0.4) is 0 Å². The smallest absolute Gasteiger partial charge is 0.221 e. The van der Waals surface area contributed by atoms with Crippen LogP contribution in [0.15, 0.2) is 18.2 Å². The molecule has 1 unspecified atom stereocenters. The molecular weight excluding hydrogens is 286 g/mol. The number of carbonyl (C=O) groups is 1. The summed E-state index contributed by atoms with van der Waals surface area (Å²) in [6.45, 7) is 4.32. The lowest BCUT2D eigenvalue weighted by Gasteiger charge is -2.23. The van der Waals surface area contributed by atoms with Gasteiger partial charge in [-0.15, -0.1) is 12.4 Å². The minimum Gasteiger partial charge on any atom is -0.349 e. The standard InChI is InChI=1S/C14H20F2N2O.ClH/c1-9(2)14(18-13(19)6-7-17-3)11-5-4-10(15)8-12(11)16;/h4-5,8-9,14,17H,6-7H2,1-3H3,(H,18,19);1H. The molecule has 0 aromatic heterocycles. The summed E-state index contributed by atoms with van der Waals surface area (Å²) in [5, 5.41) is 5.66. The molecule has 6 heteroatoms. The second kappa shape index (κ2) is 8.87. The predicted molar refractivity (Wildman–Crippen MR) is 77.9 cm³/mol. The van der Waals surface area contributed by atoms with Crippen molar-refractivity contribution in [1.82, 2.24) is 10.6 Å². The first-order chi connectivity index (χ1) is 8.95. The molecule has 0 aliphatic carbocycles. The Morgan fingerprint density at radius 1 is 1.30 bits per heavy atom. The Hall–Kier alpha value is -1.20. The van der Waals surface area contributed by atoms with Crippen LogP contribution in [-0.2, 0) is 4.79 Å². The highest BCUT2D eigenvalue weighted by Gasteiger charge is 2.21. The van der Waals surface area contributed by atoms with E-state index in [4.69, 9.17) is 0 Å². The zero-order valence-corrected chi connectivity index (χ0v) is 12.7. The van der Waals surface area contributed by atoms with Crippen molar-refractivity contribution in [3.63, 3.8) is 0 Å². The van der Waals surface area contributed by atoms with Gasteiger partial charge < -0.3 is 10.6 Å². The summed E-state index contributed by atoms with van der Waals surface area (Å²) in [6.07, 6.45) is 0.322. The Balaban J connectivity index is 0.00000361. The fourth-order valence-corrected chi connectivity index (χ4v) is 1.84. The van der Waals surface area contributed by atoms with Crippen molar-refractivity contribution in [2.45, 2.75) is 26.3 Å². The van der Waals surface area contributed by atoms with E-state index in [0.717, 1.165) is 6.07 Å². The molecular formula is C14H21ClF2N2O. The molecule has 0 saturated heterocycles. The van der Waals surface area contributed by atoms with Gasteiger partial charge in [-0.25, -0.2) is 8.78 Å². The average molecular weight is 307 g/mol. The Bertz CT molecular complexity index is 441. The molecule has 0 saturated carbocycles. The molecule has 1 amide bonds. The molecule has 0 bridgehead atoms. The number of halogens is 3. The Kier molecular flexibility index (Phi) is 8.34. The van der Waals surface area contributed by atoms with E-state index in [2.05, 4.69) is 10.6 Å². The summed E-state index contributed by atoms with van der Waals surface area (Å²) in [4.78, 5) is 11.7. The zero-order valence-electron chi connectivity index (χ0n) is 11.9. The molecule has 1 atom stereocenters. The molecule has 0 aliphatic rings. The number of hydrogen-bond acceptors (Lipinski definition) is 2. The molecule has 0 fully saturated rings. The van der Waals surface area contributed by atoms with Crippen molar-refractivity contribution in [2.24, 2.45) is 5.92 Å². The van der Waals surface area contributed by atoms with Gasteiger partial charge in [0.2, 0.25) is 5.91 Å². The van der Waals surface area contributed by atoms with Crippen molar-refractivity contribution in [1.29, 1.82) is 0 Å². The Morgan fingerprint density at radius 3 is 2.45 bits per heavy atom. The third-order valence-corrected chi connectivity index (χ3v) is 2.88. The third-order valence-electron chi connectivity index (χ3n) is 2.88. The van der Waals surface area contributed by atoms with E-state index in [9.17, 15) is 13.6 Å². The quantitative estimate of drug-likeness (QED) is 0.848. The van der Waals surface area contributed by atoms with Gasteiger partial charge in [0.1, 0.15) is 11.6 Å². The second-order valence-electron chi connectivity index (χ2n) is 4.81. The first-order valence-electron chi connectivity index (χ1n) is 6.34. The highest BCUT2D eigenvalue weighted by atomic mass is 35.5. The number of nitrogens with one attached hydrogen (secondary N) is 2. The van der Waals surface area contributed by atoms with Crippen LogP contribution in [0.5, 0.6) is 0 Å². The summed E-state index contributed by atoms with van der Waals surface area (Å²) in [6, 6.07) is 2.97. The van der Waals surface area contributed by atoms with Gasteiger partial charge in [-0.1, -0.05) is 19.9 Å². The van der Waals surface area contributed by atoms with Crippen LogP contribution in [0.4, 0.5) is 8.78 Å². The highest BCUT2D eigenvalue weighted by molar-refractivity contribution is 5.85. The monoisotopic (exact) mass is 306 g/mol. The molecule has 1 aromatic rings. The minimum atomic E-state index is -0.632. The van der Waals surface area contributed by atoms with Gasteiger partial charge in [0.05, 0.1) is 6.04 Å². The highest BCUT2D eigenvalue weighted by Crippen LogP contribution is 2.24. The van der Waals surface area contributed by atoms with Gasteiger partial charge in [-0.05, 0) is 19.0 Å². The molecule has 2 N–H and O–H groups in total. The van der Waals surface area contributed by atoms with Crippen molar-refractivity contribution in [3.8, 4) is 0 Å². The number of hydrogen-bond donors (Lipinski definition) is 2. The fourth-order valence-electron chi connectivity index (χ4n) is 1.84. The van der Waals surface area contributed by atoms with Gasteiger partial charge in [0.15, 0.2) is 0 Å². The number of rotatable bonds is 6. The molecule has 1 aromatic carbocycles. The lowest BCUT2D eigenvalue weighted by molar-refractivity contribution is -0.122. The topological polar surface area (TPSA) is 41.1 Å². The van der Waals surface area contributed by atoms with E-state index < -0.39 is 17.7 Å². The molecule has 0 spiro atoms. The maximum atomic E-state index is 13.8. The SMILES string of the molecule is CNCCC(=O)NC(c1ccc(F)cc1F)C(C)C.Cl. The van der Waals surface area contributed by atoms with E-state index in [1.165, 1.54) is 12.1 Å². The molecule has 3 nitrogen and oxygen atoms in total. The van der Waals surface area contributed by atoms with Crippen molar-refractivity contribution in [2.75, 3.05) is 13.6 Å². The second-order valence-corrected chi connectivity index (χ2v) is 4.81. The lowest BCUT2D eigenvalue weighted by atomic mass is 9.95. The van der Waals surface area contributed by atoms with Gasteiger partial charge >= 0.3 is 0 Å². The van der Waals surface area contributed by atoms with Crippen LogP contribution in [0, 0.1) is 17.6 Å². The average Bonchev–Trinajstić information content (AvgIpc) is 2.34. The van der Waals surface area contributed by atoms with Crippen molar-refractivity contribution < 1.29 is 13.6 Å². The van der Waals surface area contributed by atoms with Gasteiger partial charge in [-0.3, -0.25) is 4.79 Å². The predicted octanol–water partition coefficient (Wildman–Crippen LogP) is 2.81. The summed E-state index contributed by atoms with van der Waals surface area (Å²) in [5.41, 5.74) is 0.314. The van der Waals surface area contributed by atoms with Gasteiger partial charge in [-0.2, -0.15) is 0 Å². The van der Waals surface area contributed by atoms with Crippen LogP contribution in [0.25, 0.3) is 0 Å². The van der Waals surface area contributed by atoms with E-state index >= 15 is 0 Å². The first kappa shape index (κ1) is 18.8. The molecule has 114 valence electrons. The number of amides is 1. The third kappa shape index (κ3) is 5.43. The normalized spacial score (nSPS) is 11.9. The molecule has 0 heterocycles. The van der Waals surface area contributed by atoms with E-state index in [-0.39, 0.29) is 24.2 Å². The first-order valence-corrected chi connectivity index (χ1v) is 6.34. The molecule has 20 heavy (non-hydrogen) atoms. The maximum Gasteiger partial charge on any atom is 0.221 e. The maximum absolute atomic E-state index is 13.8. The van der Waals surface area contributed by atoms with Gasteiger partial charge in [0.25, 0.3) is 0 Å². The minimum absolute atomic E-state index is 0. The van der Waals surface area contributed by atoms with Crippen LogP contribution in [-0.4, -0.2) is 19.5 Å². The van der Waals surface area contributed by atoms with Gasteiger partial charge in [0, 0.05) is 24.6 Å². The van der Waals surface area contributed by atoms with Crippen molar-refractivity contribution >= 4 is 18.3 Å². The summed E-state index contributed by atoms with van der Waals surface area (Å²) in [5.74, 6) is -1.40. The fraction of sp³-hybridized carbons (Fsp3) is 0.500. The summed E-state index contributed by atoms with van der Waals surface area (Å²) in [7, 11) is 1.76. The Morgan fingerprint density at radius 2 is 1.95 bits per heavy atom. The van der Waals surface area contributed by atoms with Crippen LogP contribution in [0.1, 0.15) is 31.9 Å². The molecule has 0 radical (unpaired) electrons. The van der Waals surface area contributed by atoms with Crippen LogP contribution >= 0.6 is 12.4 Å². The lowest BCUT2D eigenvalue weighted by Crippen LogP contribution is -2.33. The van der Waals surface area contributed by atoms with E-state index in [0.29, 0.717) is 18.5 Å². The van der Waals surface area contributed by atoms with Crippen molar-refractivity contribution in [3.05, 3.63) is 35.4 Å². The zero-order chi connectivity index (χ0) is 14.4. The van der Waals surface area contributed by atoms with E-state index in [1.54, 1.807) is 7.05 Å². The number of benzene rings is 1. The summed E-state index contributed by atoms with van der Waals surface area (Å²) >= 11 is 0. The molecule has 1 rings (SSSR count). The summed E-state index contributed by atoms with van der Waals surface area (Å²) < 4.78 is 26.7. The van der Waals surface area contributed by atoms with Crippen LogP contribution in [0.2, 0.25) is 0 Å². The number of carbonyl (C=O) groups excluding carboxylic acids is 1.